The van der Waals surface area contributed by atoms with E-state index in [2.05, 4.69) is 145 Å². The number of ether oxygens (including phenoxy) is 2. The highest BCUT2D eigenvalue weighted by Gasteiger charge is 2.58. The molecule has 2 unspecified atom stereocenters. The summed E-state index contributed by atoms with van der Waals surface area (Å²) < 4.78 is 11.0. The zero-order valence-electron chi connectivity index (χ0n) is 34.4. The van der Waals surface area contributed by atoms with Gasteiger partial charge in [0.1, 0.15) is 11.5 Å². The quantitative estimate of drug-likeness (QED) is 0.110. The van der Waals surface area contributed by atoms with Gasteiger partial charge in [0, 0.05) is 34.1 Å². The normalized spacial score (nSPS) is 21.7. The minimum absolute atomic E-state index is 0.236. The average Bonchev–Trinajstić information content (AvgIpc) is 3.27. The van der Waals surface area contributed by atoms with Crippen LogP contribution in [0.2, 0.25) is 0 Å². The van der Waals surface area contributed by atoms with E-state index in [0.29, 0.717) is 0 Å². The fraction of sp³-hybridized carbons (Fsp3) is 0.296. The van der Waals surface area contributed by atoms with Crippen LogP contribution in [0.25, 0.3) is 6.08 Å². The molecule has 6 aromatic carbocycles. The molecule has 0 heterocycles. The van der Waals surface area contributed by atoms with Gasteiger partial charge in [-0.3, -0.25) is 0 Å². The van der Waals surface area contributed by atoms with Gasteiger partial charge in [-0.05, 0) is 193 Å². The monoisotopic (exact) mass is 764 g/mol. The molecule has 4 bridgehead atoms. The highest BCUT2D eigenvalue weighted by atomic mass is 16.5. The Bertz CT molecular complexity index is 2250. The zero-order chi connectivity index (χ0) is 39.7. The summed E-state index contributed by atoms with van der Waals surface area (Å²) in [5.41, 5.74) is 12.8. The summed E-state index contributed by atoms with van der Waals surface area (Å²) >= 11 is 0. The number of aryl methyl sites for hydroxylation is 1. The summed E-state index contributed by atoms with van der Waals surface area (Å²) in [6.07, 6.45) is 13.4. The third kappa shape index (κ3) is 7.19. The topological polar surface area (TPSA) is 24.9 Å². The number of rotatable bonds is 14. The fourth-order valence-corrected chi connectivity index (χ4v) is 11.2. The van der Waals surface area contributed by atoms with Gasteiger partial charge in [0.2, 0.25) is 0 Å². The van der Waals surface area contributed by atoms with Crippen molar-refractivity contribution in [1.29, 1.82) is 0 Å². The number of unbranched alkanes of at least 4 members (excludes halogenated alkanes) is 1. The maximum atomic E-state index is 5.50. The van der Waals surface area contributed by atoms with Gasteiger partial charge in [-0.25, -0.2) is 0 Å². The second-order valence-electron chi connectivity index (χ2n) is 17.2. The van der Waals surface area contributed by atoms with Crippen molar-refractivity contribution in [2.45, 2.75) is 75.5 Å². The van der Waals surface area contributed by atoms with E-state index in [0.717, 1.165) is 52.5 Å². The standard InChI is InChI=1S/C54H56N2O2/c1-5-7-8-40-11-17-45(18-12-40)55(47-21-23-48(24-22-47)56(49-25-29-51(57-3)30-26-49)50-27-31-52(58-4)32-28-50)46-19-15-44(16-20-46)54-36-41-33-42(37-54)35-53(34-41,38-54)43-13-9-39(6-2)10-14-43/h6,9-32,41-42H,2,5,7-8,33-38H2,1,3-4H3. The molecule has 0 radical (unpaired) electrons. The first-order valence-corrected chi connectivity index (χ1v) is 21.3. The first kappa shape index (κ1) is 37.8. The van der Waals surface area contributed by atoms with Gasteiger partial charge >= 0.3 is 0 Å². The molecule has 0 amide bonds. The Kier molecular flexibility index (Phi) is 10.4. The van der Waals surface area contributed by atoms with Crippen LogP contribution in [-0.2, 0) is 17.3 Å². The predicted octanol–water partition coefficient (Wildman–Crippen LogP) is 14.4. The van der Waals surface area contributed by atoms with Crippen molar-refractivity contribution in [1.82, 2.24) is 0 Å². The molecule has 4 saturated carbocycles. The SMILES string of the molecule is C=Cc1ccc(C23CC4CC(C2)CC(c2ccc(N(c5ccc(CCCC)cc5)c5ccc(N(c6ccc(OC)cc6)c6ccc(OC)cc6)cc5)cc2)(C4)C3)cc1. The molecule has 0 N–H and O–H groups in total. The maximum absolute atomic E-state index is 5.50. The Morgan fingerprint density at radius 3 is 1.28 bits per heavy atom. The van der Waals surface area contributed by atoms with Crippen LogP contribution in [0.1, 0.15) is 80.5 Å². The van der Waals surface area contributed by atoms with Gasteiger partial charge in [-0.15, -0.1) is 0 Å². The van der Waals surface area contributed by atoms with Crippen LogP contribution >= 0.6 is 0 Å². The van der Waals surface area contributed by atoms with Crippen molar-refractivity contribution in [3.8, 4) is 11.5 Å². The molecule has 0 aromatic heterocycles. The van der Waals surface area contributed by atoms with Gasteiger partial charge in [0.25, 0.3) is 0 Å². The molecule has 0 saturated heterocycles. The molecule has 4 nitrogen and oxygen atoms in total. The summed E-state index contributed by atoms with van der Waals surface area (Å²) in [6.45, 7) is 6.27. The zero-order valence-corrected chi connectivity index (χ0v) is 34.4. The molecule has 58 heavy (non-hydrogen) atoms. The third-order valence-corrected chi connectivity index (χ3v) is 13.6. The molecule has 10 rings (SSSR count). The van der Waals surface area contributed by atoms with Crippen molar-refractivity contribution in [3.05, 3.63) is 174 Å². The van der Waals surface area contributed by atoms with Gasteiger partial charge in [-0.2, -0.15) is 0 Å². The number of anilines is 6. The summed E-state index contributed by atoms with van der Waals surface area (Å²) in [6, 6.07) is 53.8. The number of benzene rings is 6. The van der Waals surface area contributed by atoms with Crippen molar-refractivity contribution >= 4 is 40.2 Å². The van der Waals surface area contributed by atoms with E-state index in [4.69, 9.17) is 9.47 Å². The number of methoxy groups -OCH3 is 2. The molecule has 4 fully saturated rings. The molecular formula is C54H56N2O2. The average molecular weight is 765 g/mol. The predicted molar refractivity (Wildman–Crippen MR) is 242 cm³/mol. The van der Waals surface area contributed by atoms with E-state index in [1.165, 1.54) is 79.4 Å². The van der Waals surface area contributed by atoms with E-state index in [9.17, 15) is 0 Å². The molecule has 4 aliphatic rings. The largest absolute Gasteiger partial charge is 0.497 e. The van der Waals surface area contributed by atoms with Crippen LogP contribution < -0.4 is 19.3 Å². The van der Waals surface area contributed by atoms with Crippen LogP contribution in [0.15, 0.2) is 152 Å². The minimum atomic E-state index is 0.236. The Morgan fingerprint density at radius 2 is 0.897 bits per heavy atom. The lowest BCUT2D eigenvalue weighted by atomic mass is 9.42. The van der Waals surface area contributed by atoms with E-state index in [-0.39, 0.29) is 10.8 Å². The molecule has 4 aliphatic carbocycles. The van der Waals surface area contributed by atoms with E-state index < -0.39 is 0 Å². The highest BCUT2D eigenvalue weighted by molar-refractivity contribution is 5.81. The van der Waals surface area contributed by atoms with Crippen molar-refractivity contribution in [2.75, 3.05) is 24.0 Å². The summed E-state index contributed by atoms with van der Waals surface area (Å²) in [4.78, 5) is 4.70. The molecule has 294 valence electrons. The van der Waals surface area contributed by atoms with Gasteiger partial charge < -0.3 is 19.3 Å². The lowest BCUT2D eigenvalue weighted by Gasteiger charge is -2.63. The van der Waals surface area contributed by atoms with Crippen LogP contribution in [-0.4, -0.2) is 14.2 Å². The van der Waals surface area contributed by atoms with E-state index >= 15 is 0 Å². The Balaban J connectivity index is 1.06. The number of hydrogen-bond acceptors (Lipinski definition) is 4. The lowest BCUT2D eigenvalue weighted by Crippen LogP contribution is -2.55. The fourth-order valence-electron chi connectivity index (χ4n) is 11.2. The lowest BCUT2D eigenvalue weighted by molar-refractivity contribution is -0.0281. The van der Waals surface area contributed by atoms with Gasteiger partial charge in [-0.1, -0.05) is 74.5 Å². The third-order valence-electron chi connectivity index (χ3n) is 13.6. The summed E-state index contributed by atoms with van der Waals surface area (Å²) in [7, 11) is 3.41. The molecule has 0 spiro atoms. The number of nitrogens with zero attached hydrogens (tertiary/aromatic N) is 2. The molecule has 2 atom stereocenters. The maximum Gasteiger partial charge on any atom is 0.119 e. The minimum Gasteiger partial charge on any atom is -0.497 e. The second kappa shape index (κ2) is 15.9. The van der Waals surface area contributed by atoms with Crippen LogP contribution in [0.4, 0.5) is 34.1 Å². The van der Waals surface area contributed by atoms with E-state index in [1.807, 2.05) is 30.3 Å². The highest BCUT2D eigenvalue weighted by Crippen LogP contribution is 2.66. The Morgan fingerprint density at radius 1 is 0.534 bits per heavy atom. The Labute approximate surface area is 345 Å². The molecule has 4 heteroatoms. The molecule has 0 aliphatic heterocycles. The van der Waals surface area contributed by atoms with Crippen LogP contribution in [0.5, 0.6) is 11.5 Å². The van der Waals surface area contributed by atoms with Gasteiger partial charge in [0.05, 0.1) is 14.2 Å². The second-order valence-corrected chi connectivity index (χ2v) is 17.2. The summed E-state index contributed by atoms with van der Waals surface area (Å²) in [5.74, 6) is 3.27. The smallest absolute Gasteiger partial charge is 0.119 e. The first-order valence-electron chi connectivity index (χ1n) is 21.3. The molecular weight excluding hydrogens is 709 g/mol. The van der Waals surface area contributed by atoms with E-state index in [1.54, 1.807) is 19.8 Å². The van der Waals surface area contributed by atoms with Gasteiger partial charge in [0.15, 0.2) is 0 Å². The summed E-state index contributed by atoms with van der Waals surface area (Å²) in [5, 5.41) is 0. The van der Waals surface area contributed by atoms with Crippen LogP contribution in [0, 0.1) is 11.8 Å². The van der Waals surface area contributed by atoms with Crippen molar-refractivity contribution < 1.29 is 9.47 Å². The first-order chi connectivity index (χ1) is 28.4. The number of hydrogen-bond donors (Lipinski definition) is 0. The van der Waals surface area contributed by atoms with Crippen LogP contribution in [0.3, 0.4) is 0 Å². The Hall–Kier alpha value is -5.74. The van der Waals surface area contributed by atoms with Crippen molar-refractivity contribution in [3.63, 3.8) is 0 Å². The molecule has 6 aromatic rings. The van der Waals surface area contributed by atoms with Crippen molar-refractivity contribution in [2.24, 2.45) is 11.8 Å².